The molecule has 3 N–H and O–H groups in total. The standard InChI is InChI=1S/C14H22N6O/c21-14(13-10-16-18-17-13)20-7-1-6-19(8-9-20)11-12-2-4-15-5-3-12/h2-5,13,16-18H,1,6-11H2. The summed E-state index contributed by atoms with van der Waals surface area (Å²) in [5, 5.41) is 0. The monoisotopic (exact) mass is 290 g/mol. The summed E-state index contributed by atoms with van der Waals surface area (Å²) in [5.41, 5.74) is 9.94. The summed E-state index contributed by atoms with van der Waals surface area (Å²) in [4.78, 5) is 20.8. The molecule has 7 heteroatoms. The van der Waals surface area contributed by atoms with Crippen LogP contribution in [0.3, 0.4) is 0 Å². The van der Waals surface area contributed by atoms with Gasteiger partial charge in [0.25, 0.3) is 0 Å². The Morgan fingerprint density at radius 2 is 2.10 bits per heavy atom. The van der Waals surface area contributed by atoms with Crippen LogP contribution < -0.4 is 16.4 Å². The molecule has 1 aromatic rings. The Bertz CT molecular complexity index is 462. The Balaban J connectivity index is 1.53. The van der Waals surface area contributed by atoms with Crippen LogP contribution in [0.2, 0.25) is 0 Å². The Hall–Kier alpha value is -1.54. The van der Waals surface area contributed by atoms with Crippen LogP contribution >= 0.6 is 0 Å². The maximum absolute atomic E-state index is 12.4. The first-order valence-electron chi connectivity index (χ1n) is 7.46. The average molecular weight is 290 g/mol. The van der Waals surface area contributed by atoms with Gasteiger partial charge >= 0.3 is 0 Å². The molecule has 1 amide bonds. The summed E-state index contributed by atoms with van der Waals surface area (Å²) >= 11 is 0. The van der Waals surface area contributed by atoms with Crippen molar-refractivity contribution < 1.29 is 4.79 Å². The molecule has 2 saturated heterocycles. The van der Waals surface area contributed by atoms with Crippen LogP contribution in [0.5, 0.6) is 0 Å². The molecule has 0 spiro atoms. The van der Waals surface area contributed by atoms with Gasteiger partial charge in [-0.2, -0.15) is 5.53 Å². The summed E-state index contributed by atoms with van der Waals surface area (Å²) in [7, 11) is 0. The van der Waals surface area contributed by atoms with Gasteiger partial charge in [-0.25, -0.2) is 10.9 Å². The van der Waals surface area contributed by atoms with Crippen molar-refractivity contribution >= 4 is 5.91 Å². The first kappa shape index (κ1) is 14.4. The molecule has 1 aromatic heterocycles. The Morgan fingerprint density at radius 3 is 2.86 bits per heavy atom. The van der Waals surface area contributed by atoms with E-state index in [1.807, 2.05) is 29.4 Å². The van der Waals surface area contributed by atoms with Crippen molar-refractivity contribution in [2.75, 3.05) is 32.7 Å². The molecule has 3 heterocycles. The number of hydrazine groups is 2. The Kier molecular flexibility index (Phi) is 4.76. The first-order valence-corrected chi connectivity index (χ1v) is 7.46. The second kappa shape index (κ2) is 6.95. The van der Waals surface area contributed by atoms with Crippen molar-refractivity contribution in [3.05, 3.63) is 30.1 Å². The predicted molar refractivity (Wildman–Crippen MR) is 78.8 cm³/mol. The highest BCUT2D eigenvalue weighted by molar-refractivity contribution is 5.82. The minimum atomic E-state index is -0.156. The molecule has 0 aromatic carbocycles. The van der Waals surface area contributed by atoms with E-state index in [2.05, 4.69) is 26.3 Å². The third-order valence-electron chi connectivity index (χ3n) is 3.99. The zero-order valence-electron chi connectivity index (χ0n) is 12.1. The molecule has 2 fully saturated rings. The summed E-state index contributed by atoms with van der Waals surface area (Å²) in [6.07, 6.45) is 4.67. The van der Waals surface area contributed by atoms with Crippen LogP contribution in [-0.2, 0) is 11.3 Å². The lowest BCUT2D eigenvalue weighted by Gasteiger charge is -2.24. The molecule has 3 rings (SSSR count). The first-order chi connectivity index (χ1) is 10.3. The number of rotatable bonds is 3. The minimum Gasteiger partial charge on any atom is -0.340 e. The molecule has 1 unspecified atom stereocenters. The van der Waals surface area contributed by atoms with E-state index in [0.717, 1.165) is 39.1 Å². The molecule has 0 bridgehead atoms. The summed E-state index contributed by atoms with van der Waals surface area (Å²) < 4.78 is 0. The van der Waals surface area contributed by atoms with Gasteiger partial charge in [0.05, 0.1) is 0 Å². The topological polar surface area (TPSA) is 72.5 Å². The van der Waals surface area contributed by atoms with E-state index >= 15 is 0 Å². The van der Waals surface area contributed by atoms with E-state index in [1.54, 1.807) is 0 Å². The number of hydrogen-bond acceptors (Lipinski definition) is 6. The van der Waals surface area contributed by atoms with Crippen LogP contribution in [0, 0.1) is 0 Å². The molecule has 0 saturated carbocycles. The molecule has 2 aliphatic rings. The van der Waals surface area contributed by atoms with Crippen LogP contribution in [0.1, 0.15) is 12.0 Å². The highest BCUT2D eigenvalue weighted by Gasteiger charge is 2.28. The van der Waals surface area contributed by atoms with Crippen LogP contribution in [0.25, 0.3) is 0 Å². The molecule has 21 heavy (non-hydrogen) atoms. The summed E-state index contributed by atoms with van der Waals surface area (Å²) in [5.74, 6) is 0.179. The summed E-state index contributed by atoms with van der Waals surface area (Å²) in [6.45, 7) is 5.14. The maximum atomic E-state index is 12.4. The zero-order chi connectivity index (χ0) is 14.5. The van der Waals surface area contributed by atoms with E-state index in [9.17, 15) is 4.79 Å². The van der Waals surface area contributed by atoms with Crippen molar-refractivity contribution in [1.82, 2.24) is 31.2 Å². The molecule has 2 aliphatic heterocycles. The van der Waals surface area contributed by atoms with Gasteiger partial charge in [-0.1, -0.05) is 0 Å². The van der Waals surface area contributed by atoms with E-state index in [0.29, 0.717) is 6.54 Å². The van der Waals surface area contributed by atoms with Gasteiger partial charge in [0, 0.05) is 51.7 Å². The predicted octanol–water partition coefficient (Wildman–Crippen LogP) is -0.903. The third-order valence-corrected chi connectivity index (χ3v) is 3.99. The van der Waals surface area contributed by atoms with Crippen molar-refractivity contribution in [2.24, 2.45) is 0 Å². The average Bonchev–Trinajstić information content (AvgIpc) is 2.95. The zero-order valence-corrected chi connectivity index (χ0v) is 12.1. The fourth-order valence-corrected chi connectivity index (χ4v) is 2.81. The number of nitrogens with zero attached hydrogens (tertiary/aromatic N) is 3. The van der Waals surface area contributed by atoms with Gasteiger partial charge in [0.1, 0.15) is 6.04 Å². The van der Waals surface area contributed by atoms with E-state index < -0.39 is 0 Å². The highest BCUT2D eigenvalue weighted by Crippen LogP contribution is 2.09. The lowest BCUT2D eigenvalue weighted by molar-refractivity contribution is -0.132. The number of carbonyl (C=O) groups is 1. The normalized spacial score (nSPS) is 24.0. The Morgan fingerprint density at radius 1 is 1.24 bits per heavy atom. The highest BCUT2D eigenvalue weighted by atomic mass is 16.2. The van der Waals surface area contributed by atoms with Gasteiger partial charge in [-0.05, 0) is 24.1 Å². The Labute approximate surface area is 124 Å². The van der Waals surface area contributed by atoms with Crippen molar-refractivity contribution in [3.8, 4) is 0 Å². The van der Waals surface area contributed by atoms with Gasteiger partial charge < -0.3 is 4.90 Å². The molecule has 114 valence electrons. The number of nitrogens with one attached hydrogen (secondary N) is 3. The largest absolute Gasteiger partial charge is 0.340 e. The molecule has 7 nitrogen and oxygen atoms in total. The van der Waals surface area contributed by atoms with E-state index in [-0.39, 0.29) is 11.9 Å². The maximum Gasteiger partial charge on any atom is 0.242 e. The molecular weight excluding hydrogens is 268 g/mol. The molecule has 0 radical (unpaired) electrons. The quantitative estimate of drug-likeness (QED) is 0.670. The lowest BCUT2D eigenvalue weighted by atomic mass is 10.2. The third kappa shape index (κ3) is 3.76. The minimum absolute atomic E-state index is 0.156. The lowest BCUT2D eigenvalue weighted by Crippen LogP contribution is -2.47. The van der Waals surface area contributed by atoms with Gasteiger partial charge in [0.2, 0.25) is 5.91 Å². The van der Waals surface area contributed by atoms with Gasteiger partial charge in [-0.3, -0.25) is 14.7 Å². The van der Waals surface area contributed by atoms with Gasteiger partial charge in [0.15, 0.2) is 0 Å². The molecule has 1 atom stereocenters. The van der Waals surface area contributed by atoms with E-state index in [1.165, 1.54) is 5.56 Å². The SMILES string of the molecule is O=C(C1CNNN1)N1CCCN(Cc2ccncc2)CC1. The fraction of sp³-hybridized carbons (Fsp3) is 0.571. The van der Waals surface area contributed by atoms with Gasteiger partial charge in [-0.15, -0.1) is 0 Å². The number of amides is 1. The number of carbonyl (C=O) groups excluding carboxylic acids is 1. The van der Waals surface area contributed by atoms with Crippen LogP contribution in [0.4, 0.5) is 0 Å². The van der Waals surface area contributed by atoms with Crippen LogP contribution in [0.15, 0.2) is 24.5 Å². The van der Waals surface area contributed by atoms with E-state index in [4.69, 9.17) is 0 Å². The number of pyridine rings is 1. The molecule has 0 aliphatic carbocycles. The van der Waals surface area contributed by atoms with Crippen LogP contribution in [-0.4, -0.2) is 59.5 Å². The number of aromatic nitrogens is 1. The second-order valence-electron chi connectivity index (χ2n) is 5.51. The fourth-order valence-electron chi connectivity index (χ4n) is 2.81. The number of hydrogen-bond donors (Lipinski definition) is 3. The smallest absolute Gasteiger partial charge is 0.242 e. The second-order valence-corrected chi connectivity index (χ2v) is 5.51. The molecular formula is C14H22N6O. The van der Waals surface area contributed by atoms with Crippen molar-refractivity contribution in [3.63, 3.8) is 0 Å². The summed E-state index contributed by atoms with van der Waals surface area (Å²) in [6, 6.07) is 3.94. The van der Waals surface area contributed by atoms with Crippen molar-refractivity contribution in [2.45, 2.75) is 19.0 Å². The van der Waals surface area contributed by atoms with Crippen molar-refractivity contribution in [1.29, 1.82) is 0 Å².